The molecule has 1 aliphatic rings. The second-order valence-corrected chi connectivity index (χ2v) is 17.0. The van der Waals surface area contributed by atoms with Crippen LogP contribution in [-0.2, 0) is 0 Å². The number of nitrogens with one attached hydrogen (secondary N) is 2. The van der Waals surface area contributed by atoms with Gasteiger partial charge < -0.3 is 9.88 Å². The van der Waals surface area contributed by atoms with Gasteiger partial charge in [-0.3, -0.25) is 5.32 Å². The van der Waals surface area contributed by atoms with Crippen molar-refractivity contribution >= 4 is 90.7 Å². The Bertz CT molecular complexity index is 3320. The van der Waals surface area contributed by atoms with E-state index in [2.05, 4.69) is 197 Å². The molecule has 2 atom stereocenters. The zero-order valence-corrected chi connectivity index (χ0v) is 32.3. The molecule has 1 aliphatic heterocycles. The number of para-hydroxylation sites is 2. The van der Waals surface area contributed by atoms with Gasteiger partial charge in [-0.25, -0.2) is 4.99 Å². The highest BCUT2D eigenvalue weighted by atomic mass is 32.1. The predicted molar refractivity (Wildman–Crippen MR) is 243 cm³/mol. The van der Waals surface area contributed by atoms with E-state index in [1.807, 2.05) is 22.7 Å². The zero-order chi connectivity index (χ0) is 37.5. The number of rotatable bonds is 5. The predicted octanol–water partition coefficient (Wildman–Crippen LogP) is 13.5. The summed E-state index contributed by atoms with van der Waals surface area (Å²) < 4.78 is 7.56. The van der Waals surface area contributed by atoms with Crippen molar-refractivity contribution in [3.63, 3.8) is 0 Å². The molecule has 57 heavy (non-hydrogen) atoms. The zero-order valence-electron chi connectivity index (χ0n) is 30.7. The molecule has 0 spiro atoms. The van der Waals surface area contributed by atoms with Gasteiger partial charge in [0.25, 0.3) is 0 Å². The van der Waals surface area contributed by atoms with E-state index in [0.29, 0.717) is 0 Å². The van der Waals surface area contributed by atoms with E-state index in [-0.39, 0.29) is 12.3 Å². The van der Waals surface area contributed by atoms with Crippen LogP contribution in [0.15, 0.2) is 187 Å². The minimum Gasteiger partial charge on any atom is -0.350 e. The van der Waals surface area contributed by atoms with Crippen molar-refractivity contribution in [3.8, 4) is 16.8 Å². The van der Waals surface area contributed by atoms with Crippen molar-refractivity contribution in [2.75, 3.05) is 0 Å². The largest absolute Gasteiger partial charge is 0.350 e. The second-order valence-electron chi connectivity index (χ2n) is 14.8. The summed E-state index contributed by atoms with van der Waals surface area (Å²) in [5, 5.41) is 15.2. The Hall–Kier alpha value is -6.57. The quantitative estimate of drug-likeness (QED) is 0.183. The van der Waals surface area contributed by atoms with Crippen molar-refractivity contribution in [1.29, 1.82) is 0 Å². The monoisotopic (exact) mass is 766 g/mol. The van der Waals surface area contributed by atoms with Gasteiger partial charge >= 0.3 is 0 Å². The van der Waals surface area contributed by atoms with Gasteiger partial charge in [-0.2, -0.15) is 0 Å². The van der Waals surface area contributed by atoms with Crippen LogP contribution in [-0.4, -0.2) is 10.4 Å². The number of nitrogens with zero attached hydrogens (tertiary/aromatic N) is 2. The van der Waals surface area contributed by atoms with Crippen LogP contribution >= 0.6 is 22.7 Å². The first-order valence-electron chi connectivity index (χ1n) is 19.3. The van der Waals surface area contributed by atoms with Gasteiger partial charge in [-0.05, 0) is 76.9 Å². The van der Waals surface area contributed by atoms with Crippen LogP contribution in [0.5, 0.6) is 0 Å². The summed E-state index contributed by atoms with van der Waals surface area (Å²) in [7, 11) is 0. The first-order chi connectivity index (χ1) is 28.2. The molecule has 0 fully saturated rings. The lowest BCUT2D eigenvalue weighted by Gasteiger charge is -2.32. The number of benzene rings is 8. The third-order valence-electron chi connectivity index (χ3n) is 11.5. The van der Waals surface area contributed by atoms with Gasteiger partial charge in [0.05, 0.1) is 11.0 Å². The summed E-state index contributed by atoms with van der Waals surface area (Å²) in [6, 6.07) is 66.1. The molecular weight excluding hydrogens is 733 g/mol. The van der Waals surface area contributed by atoms with E-state index in [4.69, 9.17) is 4.99 Å². The molecule has 0 saturated heterocycles. The topological polar surface area (TPSA) is 41.4 Å². The second kappa shape index (κ2) is 13.0. The summed E-state index contributed by atoms with van der Waals surface area (Å²) in [6.45, 7) is 0. The molecule has 3 aromatic heterocycles. The first kappa shape index (κ1) is 32.7. The highest BCUT2D eigenvalue weighted by molar-refractivity contribution is 7.26. The van der Waals surface area contributed by atoms with Crippen molar-refractivity contribution in [2.24, 2.45) is 4.99 Å². The van der Waals surface area contributed by atoms with E-state index in [1.165, 1.54) is 84.5 Å². The van der Waals surface area contributed by atoms with Crippen LogP contribution in [0.3, 0.4) is 0 Å². The fraction of sp³-hybridized carbons (Fsp3) is 0.0392. The van der Waals surface area contributed by atoms with Crippen molar-refractivity contribution in [2.45, 2.75) is 12.3 Å². The van der Waals surface area contributed by atoms with E-state index in [0.717, 1.165) is 17.0 Å². The normalized spacial score (nSPS) is 15.9. The molecule has 12 rings (SSSR count). The highest BCUT2D eigenvalue weighted by Crippen LogP contribution is 2.44. The van der Waals surface area contributed by atoms with Gasteiger partial charge in [-0.15, -0.1) is 22.7 Å². The summed E-state index contributed by atoms with van der Waals surface area (Å²) in [5.41, 5.74) is 9.54. The maximum absolute atomic E-state index is 5.25. The smallest absolute Gasteiger partial charge is 0.131 e. The van der Waals surface area contributed by atoms with Crippen LogP contribution in [0.25, 0.3) is 79.0 Å². The number of thiophene rings is 2. The summed E-state index contributed by atoms with van der Waals surface area (Å²) in [6.07, 6.45) is -0.260. The molecule has 6 heteroatoms. The third-order valence-corrected chi connectivity index (χ3v) is 13.7. The Morgan fingerprint density at radius 1 is 0.456 bits per heavy atom. The Balaban J connectivity index is 0.963. The van der Waals surface area contributed by atoms with Crippen LogP contribution in [0.4, 0.5) is 0 Å². The first-order valence-corrected chi connectivity index (χ1v) is 21.0. The lowest BCUT2D eigenvalue weighted by molar-refractivity contribution is 0.409. The Morgan fingerprint density at radius 3 is 1.88 bits per heavy atom. The average molecular weight is 767 g/mol. The van der Waals surface area contributed by atoms with Gasteiger partial charge in [0.2, 0.25) is 0 Å². The highest BCUT2D eigenvalue weighted by Gasteiger charge is 2.26. The van der Waals surface area contributed by atoms with E-state index in [1.54, 1.807) is 0 Å². The minimum absolute atomic E-state index is 0.0829. The molecule has 0 radical (unpaired) electrons. The third kappa shape index (κ3) is 5.33. The molecule has 0 bridgehead atoms. The number of hydrogen-bond acceptors (Lipinski definition) is 5. The SMILES string of the molecule is c1ccc(C2N=C(c3ccc4sc5cccc(-c6ccc7c(c6)sc6cc(-n8c9ccccc9c9ccccc98)ccc67)c5c4c3)NC(c3ccccc3)N2)cc1. The average Bonchev–Trinajstić information content (AvgIpc) is 3.95. The molecular formula is C51H34N4S2. The van der Waals surface area contributed by atoms with E-state index in [9.17, 15) is 0 Å². The van der Waals surface area contributed by atoms with E-state index < -0.39 is 0 Å². The lowest BCUT2D eigenvalue weighted by atomic mass is 9.97. The fourth-order valence-corrected chi connectivity index (χ4v) is 11.1. The Morgan fingerprint density at radius 2 is 1.11 bits per heavy atom. The summed E-state index contributed by atoms with van der Waals surface area (Å²) in [5.74, 6) is 0.891. The van der Waals surface area contributed by atoms with Crippen LogP contribution < -0.4 is 10.6 Å². The summed E-state index contributed by atoms with van der Waals surface area (Å²) in [4.78, 5) is 5.25. The van der Waals surface area contributed by atoms with Crippen LogP contribution in [0.1, 0.15) is 29.0 Å². The van der Waals surface area contributed by atoms with E-state index >= 15 is 0 Å². The molecule has 8 aromatic carbocycles. The minimum atomic E-state index is -0.177. The number of fused-ring (bicyclic) bond motifs is 9. The Labute approximate surface area is 337 Å². The van der Waals surface area contributed by atoms with Gasteiger partial charge in [0.15, 0.2) is 0 Å². The molecule has 0 amide bonds. The molecule has 4 heterocycles. The lowest BCUT2D eigenvalue weighted by Crippen LogP contribution is -2.44. The molecule has 2 unspecified atom stereocenters. The molecule has 4 nitrogen and oxygen atoms in total. The molecule has 0 aliphatic carbocycles. The number of aliphatic imine (C=N–C) groups is 1. The molecule has 11 aromatic rings. The number of amidine groups is 1. The maximum atomic E-state index is 5.25. The van der Waals surface area contributed by atoms with Crippen LogP contribution in [0, 0.1) is 0 Å². The number of aromatic nitrogens is 1. The van der Waals surface area contributed by atoms with Gasteiger partial charge in [-0.1, -0.05) is 127 Å². The van der Waals surface area contributed by atoms with Crippen molar-refractivity contribution in [3.05, 3.63) is 199 Å². The van der Waals surface area contributed by atoms with Crippen molar-refractivity contribution < 1.29 is 0 Å². The summed E-state index contributed by atoms with van der Waals surface area (Å²) >= 11 is 3.74. The molecule has 0 saturated carbocycles. The maximum Gasteiger partial charge on any atom is 0.131 e. The van der Waals surface area contributed by atoms with Crippen LogP contribution in [0.2, 0.25) is 0 Å². The number of hydrogen-bond donors (Lipinski definition) is 2. The Kier molecular flexibility index (Phi) is 7.45. The van der Waals surface area contributed by atoms with Crippen molar-refractivity contribution in [1.82, 2.24) is 15.2 Å². The standard InChI is InChI=1S/C51H34N4S2/c1-3-12-31(13-4-1)49-52-50(32-14-5-2-6-15-32)54-51(53-49)34-23-27-44-41(28-34)48-36(18-11-21-45(48)56-44)33-22-25-39-40-26-24-35(30-47(40)57-46(39)29-33)55-42-19-9-7-16-37(42)38-17-8-10-20-43(38)55/h1-30,49-50,52H,(H,53,54). The molecule has 270 valence electrons. The van der Waals surface area contributed by atoms with Gasteiger partial charge in [0.1, 0.15) is 18.2 Å². The fourth-order valence-electron chi connectivity index (χ4n) is 8.82. The van der Waals surface area contributed by atoms with Gasteiger partial charge in [0, 0.05) is 62.4 Å². The molecule has 2 N–H and O–H groups in total.